The van der Waals surface area contributed by atoms with Crippen LogP contribution < -0.4 is 15.4 Å². The Morgan fingerprint density at radius 1 is 1.14 bits per heavy atom. The Balaban J connectivity index is 1.45. The average molecular weight is 381 g/mol. The molecule has 4 rings (SSSR count). The molecule has 1 spiro atoms. The number of para-hydroxylation sites is 3. The largest absolute Gasteiger partial charge is 0.455 e. The van der Waals surface area contributed by atoms with Gasteiger partial charge in [0, 0.05) is 13.0 Å². The molecule has 2 aromatic rings. The van der Waals surface area contributed by atoms with Gasteiger partial charge in [-0.15, -0.1) is 0 Å². The molecule has 0 saturated carbocycles. The Labute approximate surface area is 161 Å². The van der Waals surface area contributed by atoms with Gasteiger partial charge in [0.15, 0.2) is 5.75 Å². The van der Waals surface area contributed by atoms with E-state index in [2.05, 4.69) is 10.6 Å². The first-order valence-electron chi connectivity index (χ1n) is 8.91. The van der Waals surface area contributed by atoms with Crippen LogP contribution in [0.3, 0.4) is 0 Å². The van der Waals surface area contributed by atoms with Crippen LogP contribution in [0.15, 0.2) is 54.6 Å². The molecule has 0 aromatic heterocycles. The molecule has 1 atom stereocenters. The van der Waals surface area contributed by atoms with E-state index in [9.17, 15) is 14.4 Å². The van der Waals surface area contributed by atoms with Crippen LogP contribution in [0.1, 0.15) is 6.42 Å². The van der Waals surface area contributed by atoms with Crippen LogP contribution in [-0.2, 0) is 14.3 Å². The Morgan fingerprint density at radius 2 is 1.89 bits per heavy atom. The normalized spacial score (nSPS) is 21.1. The highest BCUT2D eigenvalue weighted by atomic mass is 16.5. The van der Waals surface area contributed by atoms with Crippen LogP contribution in [0, 0.1) is 0 Å². The first-order valence-corrected chi connectivity index (χ1v) is 8.91. The number of benzene rings is 2. The molecule has 2 aliphatic heterocycles. The fraction of sp³-hybridized carbons (Fsp3) is 0.250. The minimum atomic E-state index is -1.04. The molecule has 28 heavy (non-hydrogen) atoms. The maximum atomic E-state index is 12.6. The Bertz CT molecular complexity index is 909. The molecule has 0 bridgehead atoms. The van der Waals surface area contributed by atoms with E-state index in [4.69, 9.17) is 9.47 Å². The molecule has 2 N–H and O–H groups in total. The third kappa shape index (κ3) is 3.41. The number of carbonyl (C=O) groups excluding carboxylic acids is 3. The minimum absolute atomic E-state index is 0.128. The maximum absolute atomic E-state index is 12.6. The molecule has 2 heterocycles. The van der Waals surface area contributed by atoms with E-state index in [1.165, 1.54) is 0 Å². The fourth-order valence-corrected chi connectivity index (χ4v) is 3.26. The number of ether oxygens (including phenoxy) is 2. The number of nitrogens with zero attached hydrogens (tertiary/aromatic N) is 1. The number of nitrogens with one attached hydrogen (secondary N) is 2. The summed E-state index contributed by atoms with van der Waals surface area (Å²) >= 11 is 0. The molecule has 144 valence electrons. The molecule has 8 heteroatoms. The third-order valence-corrected chi connectivity index (χ3v) is 4.70. The fourth-order valence-electron chi connectivity index (χ4n) is 3.26. The van der Waals surface area contributed by atoms with E-state index in [1.807, 2.05) is 18.2 Å². The van der Waals surface area contributed by atoms with Crippen LogP contribution in [0.5, 0.6) is 11.5 Å². The van der Waals surface area contributed by atoms with Gasteiger partial charge in [0.1, 0.15) is 17.8 Å². The molecule has 2 aromatic carbocycles. The van der Waals surface area contributed by atoms with Crippen molar-refractivity contribution in [2.45, 2.75) is 12.0 Å². The zero-order valence-corrected chi connectivity index (χ0v) is 15.0. The van der Waals surface area contributed by atoms with Crippen molar-refractivity contribution in [2.75, 3.05) is 25.1 Å². The van der Waals surface area contributed by atoms with E-state index in [0.29, 0.717) is 30.2 Å². The summed E-state index contributed by atoms with van der Waals surface area (Å²) in [6.07, 6.45) is 0.406. The summed E-state index contributed by atoms with van der Waals surface area (Å²) in [6, 6.07) is 15.5. The van der Waals surface area contributed by atoms with Crippen LogP contribution in [0.4, 0.5) is 10.5 Å². The maximum Gasteiger partial charge on any atom is 0.325 e. The smallest absolute Gasteiger partial charge is 0.325 e. The number of anilines is 1. The summed E-state index contributed by atoms with van der Waals surface area (Å²) < 4.78 is 11.1. The van der Waals surface area contributed by atoms with Crippen LogP contribution in [0.2, 0.25) is 0 Å². The predicted molar refractivity (Wildman–Crippen MR) is 100.0 cm³/mol. The number of hydrogen-bond donors (Lipinski definition) is 2. The van der Waals surface area contributed by atoms with E-state index in [1.54, 1.807) is 36.4 Å². The summed E-state index contributed by atoms with van der Waals surface area (Å²) in [5.74, 6) is 0.156. The van der Waals surface area contributed by atoms with Crippen molar-refractivity contribution in [3.8, 4) is 11.5 Å². The molecule has 0 unspecified atom stereocenters. The summed E-state index contributed by atoms with van der Waals surface area (Å²) in [4.78, 5) is 38.2. The lowest BCUT2D eigenvalue weighted by Gasteiger charge is -2.18. The lowest BCUT2D eigenvalue weighted by atomic mass is 9.99. The third-order valence-electron chi connectivity index (χ3n) is 4.70. The Kier molecular flexibility index (Phi) is 4.70. The van der Waals surface area contributed by atoms with Gasteiger partial charge in [-0.25, -0.2) is 4.79 Å². The van der Waals surface area contributed by atoms with Crippen molar-refractivity contribution >= 4 is 23.5 Å². The van der Waals surface area contributed by atoms with Crippen molar-refractivity contribution in [1.29, 1.82) is 0 Å². The van der Waals surface area contributed by atoms with Crippen LogP contribution >= 0.6 is 0 Å². The lowest BCUT2D eigenvalue weighted by Crippen LogP contribution is -2.48. The second-order valence-corrected chi connectivity index (χ2v) is 6.67. The highest BCUT2D eigenvalue weighted by molar-refractivity contribution is 6.10. The van der Waals surface area contributed by atoms with Crippen molar-refractivity contribution in [3.63, 3.8) is 0 Å². The average Bonchev–Trinajstić information content (AvgIpc) is 3.25. The molecule has 2 fully saturated rings. The van der Waals surface area contributed by atoms with E-state index >= 15 is 0 Å². The van der Waals surface area contributed by atoms with E-state index in [0.717, 1.165) is 4.90 Å². The monoisotopic (exact) mass is 381 g/mol. The Morgan fingerprint density at radius 3 is 2.64 bits per heavy atom. The highest BCUT2D eigenvalue weighted by Crippen LogP contribution is 2.30. The molecular formula is C20H19N3O5. The number of urea groups is 1. The highest BCUT2D eigenvalue weighted by Gasteiger charge is 2.53. The van der Waals surface area contributed by atoms with E-state index in [-0.39, 0.29) is 13.2 Å². The molecule has 2 saturated heterocycles. The van der Waals surface area contributed by atoms with Crippen LogP contribution in [0.25, 0.3) is 0 Å². The molecule has 0 radical (unpaired) electrons. The van der Waals surface area contributed by atoms with Crippen molar-refractivity contribution in [1.82, 2.24) is 10.2 Å². The number of hydrogen-bond acceptors (Lipinski definition) is 5. The van der Waals surface area contributed by atoms with Gasteiger partial charge in [0.25, 0.3) is 5.91 Å². The van der Waals surface area contributed by atoms with Crippen molar-refractivity contribution in [3.05, 3.63) is 54.6 Å². The second-order valence-electron chi connectivity index (χ2n) is 6.67. The van der Waals surface area contributed by atoms with Gasteiger partial charge in [0.05, 0.1) is 12.3 Å². The number of imide groups is 1. The number of amides is 4. The first-order chi connectivity index (χ1) is 13.6. The van der Waals surface area contributed by atoms with Gasteiger partial charge in [-0.05, 0) is 24.3 Å². The lowest BCUT2D eigenvalue weighted by molar-refractivity contribution is -0.133. The zero-order valence-electron chi connectivity index (χ0n) is 15.0. The van der Waals surface area contributed by atoms with Gasteiger partial charge in [-0.2, -0.15) is 0 Å². The number of rotatable bonds is 5. The summed E-state index contributed by atoms with van der Waals surface area (Å²) in [6.45, 7) is 0.145. The zero-order chi connectivity index (χ0) is 19.6. The Hall–Kier alpha value is -3.39. The first kappa shape index (κ1) is 18.0. The summed E-state index contributed by atoms with van der Waals surface area (Å²) in [5, 5.41) is 5.36. The molecular weight excluding hydrogens is 362 g/mol. The van der Waals surface area contributed by atoms with Gasteiger partial charge in [-0.3, -0.25) is 14.5 Å². The SMILES string of the molecule is O=C(CN1C(=O)N[C@]2(CCOC2)C1=O)Nc1ccccc1Oc1ccccc1. The summed E-state index contributed by atoms with van der Waals surface area (Å²) in [5.41, 5.74) is -0.589. The van der Waals surface area contributed by atoms with E-state index < -0.39 is 23.4 Å². The van der Waals surface area contributed by atoms with Crippen LogP contribution in [-0.4, -0.2) is 48.0 Å². The molecule has 0 aliphatic carbocycles. The van der Waals surface area contributed by atoms with Gasteiger partial charge >= 0.3 is 6.03 Å². The minimum Gasteiger partial charge on any atom is -0.455 e. The standard InChI is InChI=1S/C20H19N3O5/c24-17(12-23-18(25)20(22-19(23)26)10-11-27-13-20)21-15-8-4-5-9-16(15)28-14-6-2-1-3-7-14/h1-9H,10-13H2,(H,21,24)(H,22,26)/t20-/m0/s1. The molecule has 4 amide bonds. The quantitative estimate of drug-likeness (QED) is 0.774. The number of carbonyl (C=O) groups is 3. The van der Waals surface area contributed by atoms with Gasteiger partial charge < -0.3 is 20.1 Å². The molecule has 2 aliphatic rings. The van der Waals surface area contributed by atoms with Gasteiger partial charge in [0.2, 0.25) is 5.91 Å². The predicted octanol–water partition coefficient (Wildman–Crippen LogP) is 2.13. The van der Waals surface area contributed by atoms with Gasteiger partial charge in [-0.1, -0.05) is 30.3 Å². The van der Waals surface area contributed by atoms with Crippen molar-refractivity contribution < 1.29 is 23.9 Å². The molecule has 8 nitrogen and oxygen atoms in total. The van der Waals surface area contributed by atoms with Crippen molar-refractivity contribution in [2.24, 2.45) is 0 Å². The summed E-state index contributed by atoms with van der Waals surface area (Å²) in [7, 11) is 0. The second kappa shape index (κ2) is 7.32. The topological polar surface area (TPSA) is 97.0 Å².